The molecule has 0 saturated carbocycles. The van der Waals surface area contributed by atoms with Gasteiger partial charge in [-0.3, -0.25) is 4.79 Å². The molecule has 0 unspecified atom stereocenters. The molecule has 0 aliphatic carbocycles. The normalized spacial score (nSPS) is 10.5. The minimum Gasteiger partial charge on any atom is -0.743 e. The molecular formula is C5H4NNaO5S. The molecule has 1 aromatic heterocycles. The Labute approximate surface area is 95.6 Å². The van der Waals surface area contributed by atoms with Crippen LogP contribution in [0.4, 0.5) is 0 Å². The van der Waals surface area contributed by atoms with Crippen LogP contribution in [0.5, 0.6) is 5.75 Å². The van der Waals surface area contributed by atoms with Gasteiger partial charge >= 0.3 is 29.6 Å². The SMILES string of the molecule is O=c1cc[nH]c(S(=O)(=O)[O-])c1O.[Na+]. The first kappa shape index (κ1) is 12.7. The zero-order valence-electron chi connectivity index (χ0n) is 6.64. The van der Waals surface area contributed by atoms with Crippen molar-refractivity contribution in [2.75, 3.05) is 0 Å². The number of rotatable bonds is 1. The van der Waals surface area contributed by atoms with E-state index < -0.39 is 26.3 Å². The average Bonchev–Trinajstić information content (AvgIpc) is 1.92. The molecule has 0 aliphatic heterocycles. The van der Waals surface area contributed by atoms with Gasteiger partial charge in [0.25, 0.3) is 0 Å². The van der Waals surface area contributed by atoms with Crippen molar-refractivity contribution < 1.29 is 47.6 Å². The molecule has 0 amide bonds. The largest absolute Gasteiger partial charge is 1.00 e. The summed E-state index contributed by atoms with van der Waals surface area (Å²) in [5.74, 6) is -1.08. The van der Waals surface area contributed by atoms with Crippen LogP contribution in [0.2, 0.25) is 0 Å². The average molecular weight is 213 g/mol. The number of nitrogens with one attached hydrogen (secondary N) is 1. The number of aromatic nitrogens is 1. The second-order valence-corrected chi connectivity index (χ2v) is 3.29. The number of hydrogen-bond acceptors (Lipinski definition) is 5. The van der Waals surface area contributed by atoms with E-state index >= 15 is 0 Å². The minimum absolute atomic E-state index is 0. The maximum atomic E-state index is 10.6. The monoisotopic (exact) mass is 213 g/mol. The molecule has 0 fully saturated rings. The van der Waals surface area contributed by atoms with Gasteiger partial charge < -0.3 is 14.6 Å². The van der Waals surface area contributed by atoms with E-state index in [9.17, 15) is 17.8 Å². The molecule has 0 bridgehead atoms. The second-order valence-electron chi connectivity index (χ2n) is 1.97. The Hall–Kier alpha value is -0.340. The van der Waals surface area contributed by atoms with Crippen molar-refractivity contribution in [2.45, 2.75) is 5.03 Å². The van der Waals surface area contributed by atoms with Crippen LogP contribution in [0.25, 0.3) is 0 Å². The van der Waals surface area contributed by atoms with Gasteiger partial charge in [0.05, 0.1) is 0 Å². The number of aromatic amines is 1. The maximum absolute atomic E-state index is 10.6. The summed E-state index contributed by atoms with van der Waals surface area (Å²) in [6.07, 6.45) is 0.965. The fraction of sp³-hybridized carbons (Fsp3) is 0. The van der Waals surface area contributed by atoms with Gasteiger partial charge in [0, 0.05) is 12.3 Å². The zero-order valence-corrected chi connectivity index (χ0v) is 9.46. The maximum Gasteiger partial charge on any atom is 1.00 e. The Morgan fingerprint density at radius 3 is 2.38 bits per heavy atom. The third kappa shape index (κ3) is 2.82. The zero-order chi connectivity index (χ0) is 9.35. The third-order valence-electron chi connectivity index (χ3n) is 1.15. The summed E-state index contributed by atoms with van der Waals surface area (Å²) in [6.45, 7) is 0. The summed E-state index contributed by atoms with van der Waals surface area (Å²) in [5.41, 5.74) is -0.914. The van der Waals surface area contributed by atoms with Gasteiger partial charge in [-0.1, -0.05) is 0 Å². The molecule has 1 heterocycles. The molecule has 1 aromatic rings. The van der Waals surface area contributed by atoms with E-state index in [1.165, 1.54) is 0 Å². The predicted molar refractivity (Wildman–Crippen MR) is 36.7 cm³/mol. The standard InChI is InChI=1S/C5H5NO5S.Na/c7-3-1-2-6-5(4(3)8)12(9,10)11;/h1-2,8H,(H,6,7)(H,9,10,11);/q;+1/p-1. The van der Waals surface area contributed by atoms with Crippen molar-refractivity contribution >= 4 is 10.1 Å². The van der Waals surface area contributed by atoms with Crippen LogP contribution in [0.15, 0.2) is 22.1 Å². The second kappa shape index (κ2) is 4.25. The van der Waals surface area contributed by atoms with Gasteiger partial charge in [0.15, 0.2) is 10.8 Å². The number of aromatic hydroxyl groups is 1. The first-order valence-corrected chi connectivity index (χ1v) is 4.20. The molecule has 0 spiro atoms. The van der Waals surface area contributed by atoms with Crippen LogP contribution in [0, 0.1) is 0 Å². The fourth-order valence-corrected chi connectivity index (χ4v) is 1.19. The molecule has 0 saturated heterocycles. The molecular weight excluding hydrogens is 209 g/mol. The summed E-state index contributed by atoms with van der Waals surface area (Å²) >= 11 is 0. The number of H-pyrrole nitrogens is 1. The van der Waals surface area contributed by atoms with Crippen molar-refractivity contribution in [1.29, 1.82) is 0 Å². The fourth-order valence-electron chi connectivity index (χ4n) is 0.643. The molecule has 13 heavy (non-hydrogen) atoms. The summed E-state index contributed by atoms with van der Waals surface area (Å²) in [5, 5.41) is 7.81. The van der Waals surface area contributed by atoms with E-state index in [-0.39, 0.29) is 29.6 Å². The molecule has 1 rings (SSSR count). The Morgan fingerprint density at radius 1 is 1.46 bits per heavy atom. The molecule has 6 nitrogen and oxygen atoms in total. The third-order valence-corrected chi connectivity index (χ3v) is 1.96. The van der Waals surface area contributed by atoms with Crippen LogP contribution in [-0.2, 0) is 10.1 Å². The van der Waals surface area contributed by atoms with E-state index in [4.69, 9.17) is 5.11 Å². The molecule has 0 aliphatic rings. The van der Waals surface area contributed by atoms with Gasteiger partial charge in [-0.15, -0.1) is 0 Å². The van der Waals surface area contributed by atoms with E-state index in [0.717, 1.165) is 12.3 Å². The van der Waals surface area contributed by atoms with Crippen molar-refractivity contribution in [3.63, 3.8) is 0 Å². The minimum atomic E-state index is -4.81. The molecule has 2 N–H and O–H groups in total. The first-order valence-electron chi connectivity index (χ1n) is 2.79. The van der Waals surface area contributed by atoms with Crippen LogP contribution >= 0.6 is 0 Å². The van der Waals surface area contributed by atoms with Crippen LogP contribution in [0.1, 0.15) is 0 Å². The van der Waals surface area contributed by atoms with E-state index in [1.54, 1.807) is 0 Å². The van der Waals surface area contributed by atoms with Gasteiger partial charge in [-0.2, -0.15) is 0 Å². The van der Waals surface area contributed by atoms with Crippen LogP contribution in [-0.4, -0.2) is 23.1 Å². The molecule has 66 valence electrons. The smallest absolute Gasteiger partial charge is 0.743 e. The summed E-state index contributed by atoms with van der Waals surface area (Å²) in [7, 11) is -4.81. The van der Waals surface area contributed by atoms with E-state index in [0.29, 0.717) is 0 Å². The Balaban J connectivity index is 0.00000144. The Kier molecular flexibility index (Phi) is 4.14. The Morgan fingerprint density at radius 2 is 2.00 bits per heavy atom. The van der Waals surface area contributed by atoms with Crippen molar-refractivity contribution in [1.82, 2.24) is 4.98 Å². The van der Waals surface area contributed by atoms with Gasteiger partial charge in [0.1, 0.15) is 10.1 Å². The quantitative estimate of drug-likeness (QED) is 0.365. The van der Waals surface area contributed by atoms with E-state index in [2.05, 4.69) is 0 Å². The molecule has 0 atom stereocenters. The topological polar surface area (TPSA) is 110 Å². The van der Waals surface area contributed by atoms with Crippen molar-refractivity contribution in [3.8, 4) is 5.75 Å². The van der Waals surface area contributed by atoms with Crippen molar-refractivity contribution in [3.05, 3.63) is 22.5 Å². The van der Waals surface area contributed by atoms with E-state index in [1.807, 2.05) is 4.98 Å². The summed E-state index contributed by atoms with van der Waals surface area (Å²) in [4.78, 5) is 12.6. The first-order chi connectivity index (χ1) is 5.43. The van der Waals surface area contributed by atoms with Gasteiger partial charge in [0.2, 0.25) is 5.43 Å². The number of hydrogen-bond donors (Lipinski definition) is 2. The van der Waals surface area contributed by atoms with Crippen LogP contribution < -0.4 is 35.0 Å². The predicted octanol–water partition coefficient (Wildman–Crippen LogP) is -4.01. The van der Waals surface area contributed by atoms with Gasteiger partial charge in [-0.25, -0.2) is 8.42 Å². The number of pyridine rings is 1. The Bertz CT molecular complexity index is 450. The summed E-state index contributed by atoms with van der Waals surface area (Å²) in [6, 6.07) is 0.907. The van der Waals surface area contributed by atoms with Gasteiger partial charge in [-0.05, 0) is 0 Å². The summed E-state index contributed by atoms with van der Waals surface area (Å²) < 4.78 is 31.0. The molecule has 8 heteroatoms. The molecule has 0 radical (unpaired) electrons. The van der Waals surface area contributed by atoms with Crippen LogP contribution in [0.3, 0.4) is 0 Å². The van der Waals surface area contributed by atoms with Crippen molar-refractivity contribution in [2.24, 2.45) is 0 Å². The molecule has 0 aromatic carbocycles.